The Morgan fingerprint density at radius 1 is 1.13 bits per heavy atom. The summed E-state index contributed by atoms with van der Waals surface area (Å²) in [6.45, 7) is 2.48. The molecule has 0 bridgehead atoms. The third kappa shape index (κ3) is 4.93. The van der Waals surface area contributed by atoms with Crippen molar-refractivity contribution < 1.29 is 14.1 Å². The summed E-state index contributed by atoms with van der Waals surface area (Å²) in [5.41, 5.74) is 1.72. The van der Waals surface area contributed by atoms with E-state index < -0.39 is 0 Å². The van der Waals surface area contributed by atoms with Crippen LogP contribution in [0.1, 0.15) is 29.0 Å². The third-order valence-electron chi connectivity index (χ3n) is 3.25. The lowest BCUT2D eigenvalue weighted by atomic mass is 10.2. The van der Waals surface area contributed by atoms with Crippen LogP contribution in [0.25, 0.3) is 0 Å². The fourth-order valence-electron chi connectivity index (χ4n) is 2.00. The van der Waals surface area contributed by atoms with E-state index in [4.69, 9.17) is 4.52 Å². The van der Waals surface area contributed by atoms with E-state index in [9.17, 15) is 9.59 Å². The maximum Gasteiger partial charge on any atom is 0.260 e. The zero-order valence-corrected chi connectivity index (χ0v) is 13.2. The predicted octanol–water partition coefficient (Wildman–Crippen LogP) is 2.17. The van der Waals surface area contributed by atoms with E-state index in [1.807, 2.05) is 7.05 Å². The number of carbonyl (C=O) groups is 2. The summed E-state index contributed by atoms with van der Waals surface area (Å²) >= 11 is 0. The standard InChI is InChI=1S/C16H20N4O3/c1-11-14(10-18-23-11)16(22)20-13-7-5-12(6-8-13)19-15(21)4-3-9-17-2/h5-8,10,17H,3-4,9H2,1-2H3,(H,19,21)(H,20,22). The molecular formula is C16H20N4O3. The Balaban J connectivity index is 1.88. The van der Waals surface area contributed by atoms with Gasteiger partial charge >= 0.3 is 0 Å². The quantitative estimate of drug-likeness (QED) is 0.680. The zero-order valence-electron chi connectivity index (χ0n) is 13.2. The summed E-state index contributed by atoms with van der Waals surface area (Å²) in [6.07, 6.45) is 2.63. The largest absolute Gasteiger partial charge is 0.361 e. The van der Waals surface area contributed by atoms with Gasteiger partial charge in [-0.05, 0) is 51.2 Å². The van der Waals surface area contributed by atoms with Crippen LogP contribution in [-0.2, 0) is 4.79 Å². The number of hydrogen-bond donors (Lipinski definition) is 3. The minimum absolute atomic E-state index is 0.0304. The van der Waals surface area contributed by atoms with Gasteiger partial charge in [-0.25, -0.2) is 0 Å². The minimum atomic E-state index is -0.285. The SMILES string of the molecule is CNCCCC(=O)Nc1ccc(NC(=O)c2cnoc2C)cc1. The Labute approximate surface area is 134 Å². The highest BCUT2D eigenvalue weighted by Gasteiger charge is 2.12. The number of benzene rings is 1. The van der Waals surface area contributed by atoms with Crippen LogP contribution in [0, 0.1) is 6.92 Å². The number of nitrogens with one attached hydrogen (secondary N) is 3. The topological polar surface area (TPSA) is 96.3 Å². The Kier molecular flexibility index (Phi) is 5.87. The first kappa shape index (κ1) is 16.7. The van der Waals surface area contributed by atoms with Gasteiger partial charge in [0.25, 0.3) is 5.91 Å². The number of aromatic nitrogens is 1. The van der Waals surface area contributed by atoms with Gasteiger partial charge in [-0.2, -0.15) is 0 Å². The molecular weight excluding hydrogens is 296 g/mol. The van der Waals surface area contributed by atoms with E-state index in [0.29, 0.717) is 29.1 Å². The molecule has 0 aliphatic rings. The van der Waals surface area contributed by atoms with Gasteiger partial charge in [-0.15, -0.1) is 0 Å². The maximum absolute atomic E-state index is 12.0. The van der Waals surface area contributed by atoms with Gasteiger partial charge in [0.1, 0.15) is 11.3 Å². The van der Waals surface area contributed by atoms with Crippen LogP contribution in [0.3, 0.4) is 0 Å². The number of aryl methyl sites for hydroxylation is 1. The van der Waals surface area contributed by atoms with E-state index in [-0.39, 0.29) is 11.8 Å². The molecule has 7 heteroatoms. The Morgan fingerprint density at radius 3 is 2.35 bits per heavy atom. The van der Waals surface area contributed by atoms with Gasteiger partial charge in [0.15, 0.2) is 0 Å². The van der Waals surface area contributed by atoms with Crippen LogP contribution in [0.15, 0.2) is 35.0 Å². The van der Waals surface area contributed by atoms with E-state index in [2.05, 4.69) is 21.1 Å². The molecule has 7 nitrogen and oxygen atoms in total. The lowest BCUT2D eigenvalue weighted by Crippen LogP contribution is -2.15. The average molecular weight is 316 g/mol. The molecule has 0 radical (unpaired) electrons. The lowest BCUT2D eigenvalue weighted by Gasteiger charge is -2.07. The fraction of sp³-hybridized carbons (Fsp3) is 0.312. The number of hydrogen-bond acceptors (Lipinski definition) is 5. The molecule has 0 atom stereocenters. The highest BCUT2D eigenvalue weighted by Crippen LogP contribution is 2.16. The summed E-state index contributed by atoms with van der Waals surface area (Å²) in [6, 6.07) is 6.94. The van der Waals surface area contributed by atoms with Gasteiger partial charge < -0.3 is 20.5 Å². The van der Waals surface area contributed by atoms with E-state index in [1.54, 1.807) is 31.2 Å². The molecule has 2 amide bonds. The van der Waals surface area contributed by atoms with Crippen LogP contribution >= 0.6 is 0 Å². The van der Waals surface area contributed by atoms with Crippen molar-refractivity contribution in [1.82, 2.24) is 10.5 Å². The molecule has 0 aliphatic heterocycles. The van der Waals surface area contributed by atoms with Crippen molar-refractivity contribution in [3.63, 3.8) is 0 Å². The number of carbonyl (C=O) groups excluding carboxylic acids is 2. The number of anilines is 2. The number of rotatable bonds is 7. The molecule has 1 aromatic carbocycles. The molecule has 0 fully saturated rings. The average Bonchev–Trinajstić information content (AvgIpc) is 2.96. The molecule has 0 spiro atoms. The van der Waals surface area contributed by atoms with Crippen molar-refractivity contribution in [2.45, 2.75) is 19.8 Å². The van der Waals surface area contributed by atoms with Crippen molar-refractivity contribution >= 4 is 23.2 Å². The molecule has 1 heterocycles. The molecule has 23 heavy (non-hydrogen) atoms. The fourth-order valence-corrected chi connectivity index (χ4v) is 2.00. The summed E-state index contributed by atoms with van der Waals surface area (Å²) in [5, 5.41) is 12.1. The van der Waals surface area contributed by atoms with Crippen LogP contribution in [-0.4, -0.2) is 30.6 Å². The molecule has 0 saturated carbocycles. The normalized spacial score (nSPS) is 10.3. The van der Waals surface area contributed by atoms with Gasteiger partial charge in [0, 0.05) is 17.8 Å². The monoisotopic (exact) mass is 316 g/mol. The van der Waals surface area contributed by atoms with Gasteiger partial charge in [0.05, 0.1) is 6.20 Å². The molecule has 2 aromatic rings. The van der Waals surface area contributed by atoms with Crippen LogP contribution in [0.2, 0.25) is 0 Å². The van der Waals surface area contributed by atoms with E-state index in [1.165, 1.54) is 6.20 Å². The number of amides is 2. The molecule has 1 aromatic heterocycles. The lowest BCUT2D eigenvalue weighted by molar-refractivity contribution is -0.116. The second kappa shape index (κ2) is 8.09. The first-order chi connectivity index (χ1) is 11.1. The molecule has 122 valence electrons. The van der Waals surface area contributed by atoms with E-state index >= 15 is 0 Å². The second-order valence-corrected chi connectivity index (χ2v) is 5.08. The summed E-state index contributed by atoms with van der Waals surface area (Å²) in [7, 11) is 1.85. The van der Waals surface area contributed by atoms with Gasteiger partial charge in [-0.3, -0.25) is 9.59 Å². The van der Waals surface area contributed by atoms with Crippen LogP contribution < -0.4 is 16.0 Å². The highest BCUT2D eigenvalue weighted by atomic mass is 16.5. The van der Waals surface area contributed by atoms with Crippen molar-refractivity contribution in [3.05, 3.63) is 41.8 Å². The van der Waals surface area contributed by atoms with Crippen LogP contribution in [0.5, 0.6) is 0 Å². The van der Waals surface area contributed by atoms with Crippen molar-refractivity contribution in [2.75, 3.05) is 24.2 Å². The second-order valence-electron chi connectivity index (χ2n) is 5.08. The summed E-state index contributed by atoms with van der Waals surface area (Å²) in [5.74, 6) is 0.151. The Hall–Kier alpha value is -2.67. The molecule has 0 unspecified atom stereocenters. The Morgan fingerprint density at radius 2 is 1.78 bits per heavy atom. The van der Waals surface area contributed by atoms with Crippen LogP contribution in [0.4, 0.5) is 11.4 Å². The first-order valence-electron chi connectivity index (χ1n) is 7.37. The van der Waals surface area contributed by atoms with Crippen molar-refractivity contribution in [1.29, 1.82) is 0 Å². The predicted molar refractivity (Wildman–Crippen MR) is 87.4 cm³/mol. The maximum atomic E-state index is 12.0. The van der Waals surface area contributed by atoms with Gasteiger partial charge in [-0.1, -0.05) is 5.16 Å². The van der Waals surface area contributed by atoms with Crippen molar-refractivity contribution in [3.8, 4) is 0 Å². The number of nitrogens with zero attached hydrogens (tertiary/aromatic N) is 1. The molecule has 2 rings (SSSR count). The zero-order chi connectivity index (χ0) is 16.7. The summed E-state index contributed by atoms with van der Waals surface area (Å²) < 4.78 is 4.86. The molecule has 0 aliphatic carbocycles. The Bertz CT molecular complexity index is 664. The van der Waals surface area contributed by atoms with Gasteiger partial charge in [0.2, 0.25) is 5.91 Å². The highest BCUT2D eigenvalue weighted by molar-refractivity contribution is 6.04. The molecule has 0 saturated heterocycles. The first-order valence-corrected chi connectivity index (χ1v) is 7.37. The molecule has 3 N–H and O–H groups in total. The van der Waals surface area contributed by atoms with E-state index in [0.717, 1.165) is 13.0 Å². The smallest absolute Gasteiger partial charge is 0.260 e. The van der Waals surface area contributed by atoms with Crippen molar-refractivity contribution in [2.24, 2.45) is 0 Å². The third-order valence-corrected chi connectivity index (χ3v) is 3.25. The summed E-state index contributed by atoms with van der Waals surface area (Å²) in [4.78, 5) is 23.7. The minimum Gasteiger partial charge on any atom is -0.361 e.